The van der Waals surface area contributed by atoms with Gasteiger partial charge in [-0.3, -0.25) is 4.79 Å². The highest BCUT2D eigenvalue weighted by Gasteiger charge is 2.19. The maximum Gasteiger partial charge on any atom is 0.234 e. The third-order valence-corrected chi connectivity index (χ3v) is 7.67. The summed E-state index contributed by atoms with van der Waals surface area (Å²) >= 11 is 0. The lowest BCUT2D eigenvalue weighted by molar-refractivity contribution is 0.562. The fourth-order valence-corrected chi connectivity index (χ4v) is 5.43. The Labute approximate surface area is 245 Å². The molecule has 1 N–H and O–H groups in total. The number of aromatic amines is 1. The third kappa shape index (κ3) is 5.41. The van der Waals surface area contributed by atoms with Crippen LogP contribution in [0.4, 0.5) is 0 Å². The molecule has 1 radical (unpaired) electrons. The van der Waals surface area contributed by atoms with Crippen LogP contribution in [0.15, 0.2) is 91.0 Å². The van der Waals surface area contributed by atoms with Crippen molar-refractivity contribution >= 4 is 29.5 Å². The number of aryl methyl sites for hydroxylation is 1. The van der Waals surface area contributed by atoms with Crippen LogP contribution in [0.2, 0.25) is 0 Å². The standard InChI is InChI=1S/C35H31N6O/c1-3-4-14-34-36-32-21-29(23-42)28(16-15-25-10-6-5-7-11-25)22-33(32)41(34)24(2)26-17-19-27(20-18-26)30-12-8-9-13-31(30)35-37-39-40-38-35/h5-13,15-22,24H,3-4,14H2,1-2H3,(H,37,38,39,40)/b16-15+. The van der Waals surface area contributed by atoms with Gasteiger partial charge in [0.25, 0.3) is 0 Å². The quantitative estimate of drug-likeness (QED) is 0.179. The fraction of sp³-hybridized carbons (Fsp3) is 0.171. The number of nitrogens with one attached hydrogen (secondary N) is 1. The van der Waals surface area contributed by atoms with Gasteiger partial charge in [-0.15, -0.1) is 5.10 Å². The molecule has 0 fully saturated rings. The topological polar surface area (TPSA) is 89.3 Å². The summed E-state index contributed by atoms with van der Waals surface area (Å²) in [5.74, 6) is 1.66. The van der Waals surface area contributed by atoms with E-state index in [1.807, 2.05) is 66.7 Å². The van der Waals surface area contributed by atoms with E-state index < -0.39 is 0 Å². The molecule has 207 valence electrons. The summed E-state index contributed by atoms with van der Waals surface area (Å²) < 4.78 is 2.32. The van der Waals surface area contributed by atoms with Crippen LogP contribution in [0.25, 0.3) is 45.7 Å². The monoisotopic (exact) mass is 551 g/mol. The highest BCUT2D eigenvalue weighted by atomic mass is 16.1. The van der Waals surface area contributed by atoms with Crippen LogP contribution in [-0.4, -0.2) is 36.5 Å². The van der Waals surface area contributed by atoms with Crippen molar-refractivity contribution in [1.29, 1.82) is 0 Å². The summed E-state index contributed by atoms with van der Waals surface area (Å²) in [6, 6.07) is 30.8. The highest BCUT2D eigenvalue weighted by Crippen LogP contribution is 2.33. The number of H-pyrrole nitrogens is 1. The molecule has 0 aliphatic rings. The molecule has 0 saturated heterocycles. The number of benzene rings is 4. The van der Waals surface area contributed by atoms with Gasteiger partial charge in [0.2, 0.25) is 6.29 Å². The van der Waals surface area contributed by atoms with Crippen molar-refractivity contribution < 1.29 is 4.79 Å². The molecule has 42 heavy (non-hydrogen) atoms. The van der Waals surface area contributed by atoms with E-state index in [2.05, 4.69) is 81.7 Å². The Morgan fingerprint density at radius 3 is 2.40 bits per heavy atom. The number of fused-ring (bicyclic) bond motifs is 1. The summed E-state index contributed by atoms with van der Waals surface area (Å²) in [5, 5.41) is 14.5. The molecule has 6 aromatic rings. The van der Waals surface area contributed by atoms with E-state index >= 15 is 0 Å². The average Bonchev–Trinajstić information content (AvgIpc) is 3.71. The first-order valence-corrected chi connectivity index (χ1v) is 14.3. The van der Waals surface area contributed by atoms with Crippen LogP contribution in [0, 0.1) is 0 Å². The molecule has 7 heteroatoms. The van der Waals surface area contributed by atoms with E-state index in [-0.39, 0.29) is 6.04 Å². The van der Waals surface area contributed by atoms with Gasteiger partial charge in [-0.1, -0.05) is 104 Å². The Kier molecular flexibility index (Phi) is 7.81. The zero-order valence-electron chi connectivity index (χ0n) is 23.7. The van der Waals surface area contributed by atoms with Gasteiger partial charge in [0.05, 0.1) is 17.1 Å². The smallest absolute Gasteiger partial charge is 0.234 e. The van der Waals surface area contributed by atoms with E-state index in [1.165, 1.54) is 5.56 Å². The highest BCUT2D eigenvalue weighted by molar-refractivity contribution is 5.93. The zero-order chi connectivity index (χ0) is 28.9. The van der Waals surface area contributed by atoms with Crippen molar-refractivity contribution in [3.63, 3.8) is 0 Å². The summed E-state index contributed by atoms with van der Waals surface area (Å²) in [5.41, 5.74) is 8.48. The zero-order valence-corrected chi connectivity index (χ0v) is 23.7. The molecular formula is C35H31N6O. The van der Waals surface area contributed by atoms with Crippen molar-refractivity contribution in [3.05, 3.63) is 119 Å². The largest absolute Gasteiger partial charge is 0.321 e. The van der Waals surface area contributed by atoms with Crippen LogP contribution < -0.4 is 0 Å². The third-order valence-electron chi connectivity index (χ3n) is 7.67. The van der Waals surface area contributed by atoms with E-state index in [9.17, 15) is 4.79 Å². The normalized spacial score (nSPS) is 12.2. The molecule has 2 aromatic heterocycles. The Morgan fingerprint density at radius 2 is 1.69 bits per heavy atom. The molecule has 0 aliphatic carbocycles. The van der Waals surface area contributed by atoms with Crippen molar-refractivity contribution in [1.82, 2.24) is 30.2 Å². The molecular weight excluding hydrogens is 520 g/mol. The lowest BCUT2D eigenvalue weighted by Crippen LogP contribution is -2.11. The van der Waals surface area contributed by atoms with E-state index in [1.54, 1.807) is 0 Å². The van der Waals surface area contributed by atoms with Gasteiger partial charge < -0.3 is 4.57 Å². The van der Waals surface area contributed by atoms with Crippen LogP contribution in [0.5, 0.6) is 0 Å². The van der Waals surface area contributed by atoms with Crippen LogP contribution in [0.3, 0.4) is 0 Å². The van der Waals surface area contributed by atoms with E-state index in [4.69, 9.17) is 4.98 Å². The van der Waals surface area contributed by atoms with Crippen LogP contribution in [0.1, 0.15) is 60.8 Å². The van der Waals surface area contributed by atoms with Gasteiger partial charge >= 0.3 is 0 Å². The van der Waals surface area contributed by atoms with Crippen molar-refractivity contribution in [2.75, 3.05) is 0 Å². The number of unbranched alkanes of at least 4 members (excludes halogenated alkanes) is 1. The Balaban J connectivity index is 1.40. The second-order valence-corrected chi connectivity index (χ2v) is 10.4. The molecule has 2 heterocycles. The Bertz CT molecular complexity index is 1840. The second kappa shape index (κ2) is 12.1. The number of nitrogens with zero attached hydrogens (tertiary/aromatic N) is 5. The van der Waals surface area contributed by atoms with Gasteiger partial charge in [-0.25, -0.2) is 10.1 Å². The summed E-state index contributed by atoms with van der Waals surface area (Å²) in [4.78, 5) is 17.0. The maximum absolute atomic E-state index is 11.9. The SMILES string of the molecule is CCCCc1nc2cc([C]=O)c(/C=C/c3ccccc3)cc2n1C(C)c1ccc(-c2ccccc2-c2nnn[nH]2)cc1. The molecule has 0 amide bonds. The number of imidazole rings is 1. The molecule has 0 aliphatic heterocycles. The first-order valence-electron chi connectivity index (χ1n) is 14.3. The van der Waals surface area contributed by atoms with Crippen LogP contribution >= 0.6 is 0 Å². The molecule has 0 spiro atoms. The van der Waals surface area contributed by atoms with Crippen molar-refractivity contribution in [2.45, 2.75) is 39.2 Å². The van der Waals surface area contributed by atoms with Gasteiger partial charge in [0, 0.05) is 17.5 Å². The second-order valence-electron chi connectivity index (χ2n) is 10.4. The van der Waals surface area contributed by atoms with Crippen molar-refractivity contribution in [2.24, 2.45) is 0 Å². The number of tetrazole rings is 1. The molecule has 1 unspecified atom stereocenters. The number of hydrogen-bond donors (Lipinski definition) is 1. The predicted molar refractivity (Wildman–Crippen MR) is 167 cm³/mol. The first kappa shape index (κ1) is 27.0. The Morgan fingerprint density at radius 1 is 0.929 bits per heavy atom. The van der Waals surface area contributed by atoms with Crippen molar-refractivity contribution in [3.8, 4) is 22.5 Å². The van der Waals surface area contributed by atoms with E-state index in [0.29, 0.717) is 11.4 Å². The summed E-state index contributed by atoms with van der Waals surface area (Å²) in [6.07, 6.45) is 9.11. The molecule has 4 aromatic carbocycles. The molecule has 1 atom stereocenters. The van der Waals surface area contributed by atoms with Gasteiger partial charge in [0.15, 0.2) is 5.82 Å². The summed E-state index contributed by atoms with van der Waals surface area (Å²) in [6.45, 7) is 4.40. The number of carbonyl (C=O) groups excluding carboxylic acids is 1. The molecule has 7 nitrogen and oxygen atoms in total. The van der Waals surface area contributed by atoms with Gasteiger partial charge in [-0.05, 0) is 63.7 Å². The minimum absolute atomic E-state index is 0.0293. The maximum atomic E-state index is 11.9. The fourth-order valence-electron chi connectivity index (χ4n) is 5.43. The number of hydrogen-bond acceptors (Lipinski definition) is 5. The minimum atomic E-state index is 0.0293. The number of rotatable bonds is 10. The number of aromatic nitrogens is 6. The predicted octanol–water partition coefficient (Wildman–Crippen LogP) is 7.46. The molecule has 0 bridgehead atoms. The van der Waals surface area contributed by atoms with Gasteiger partial charge in [0.1, 0.15) is 5.82 Å². The van der Waals surface area contributed by atoms with E-state index in [0.717, 1.165) is 63.9 Å². The minimum Gasteiger partial charge on any atom is -0.321 e. The lowest BCUT2D eigenvalue weighted by atomic mass is 9.97. The van der Waals surface area contributed by atoms with Gasteiger partial charge in [-0.2, -0.15) is 0 Å². The average molecular weight is 552 g/mol. The molecule has 6 rings (SSSR count). The summed E-state index contributed by atoms with van der Waals surface area (Å²) in [7, 11) is 0. The molecule has 0 saturated carbocycles. The Hall–Kier alpha value is -5.17. The lowest BCUT2D eigenvalue weighted by Gasteiger charge is -2.19. The van der Waals surface area contributed by atoms with Crippen LogP contribution in [-0.2, 0) is 11.2 Å². The first-order chi connectivity index (χ1) is 20.7.